The molecule has 146 valence electrons. The van der Waals surface area contributed by atoms with E-state index in [1.807, 2.05) is 19.1 Å². The largest absolute Gasteiger partial charge is 0.477 e. The highest BCUT2D eigenvalue weighted by Crippen LogP contribution is 2.47. The van der Waals surface area contributed by atoms with E-state index in [1.165, 1.54) is 18.4 Å². The minimum atomic E-state index is 0.0683. The minimum Gasteiger partial charge on any atom is -0.477 e. The van der Waals surface area contributed by atoms with Gasteiger partial charge >= 0.3 is 0 Å². The number of hydrogen-bond acceptors (Lipinski definition) is 4. The van der Waals surface area contributed by atoms with Crippen LogP contribution in [0.25, 0.3) is 0 Å². The van der Waals surface area contributed by atoms with Gasteiger partial charge in [-0.1, -0.05) is 30.3 Å². The fourth-order valence-corrected chi connectivity index (χ4v) is 5.61. The SMILES string of the molecule is CCOc1ncccc1C(=O)N1C[C@H](c2ccccc2)[C@H]2[C@@H]1C1CCN2CC1. The molecule has 4 aliphatic heterocycles. The lowest BCUT2D eigenvalue weighted by atomic mass is 9.75. The summed E-state index contributed by atoms with van der Waals surface area (Å²) in [6.07, 6.45) is 4.07. The molecular formula is C23H27N3O2. The first-order chi connectivity index (χ1) is 13.8. The van der Waals surface area contributed by atoms with Crippen LogP contribution < -0.4 is 4.74 Å². The summed E-state index contributed by atoms with van der Waals surface area (Å²) in [7, 11) is 0. The Hall–Kier alpha value is -2.40. The number of fused-ring (bicyclic) bond motifs is 2. The van der Waals surface area contributed by atoms with Crippen LogP contribution in [0.15, 0.2) is 48.7 Å². The van der Waals surface area contributed by atoms with E-state index < -0.39 is 0 Å². The second-order valence-electron chi connectivity index (χ2n) is 8.12. The predicted molar refractivity (Wildman–Crippen MR) is 107 cm³/mol. The van der Waals surface area contributed by atoms with Crippen molar-refractivity contribution in [3.63, 3.8) is 0 Å². The molecule has 0 aliphatic carbocycles. The molecule has 0 unspecified atom stereocenters. The molecule has 1 aromatic carbocycles. The predicted octanol–water partition coefficient (Wildman–Crippen LogP) is 3.18. The van der Waals surface area contributed by atoms with Crippen molar-refractivity contribution in [2.24, 2.45) is 5.92 Å². The molecule has 5 heteroatoms. The van der Waals surface area contributed by atoms with Crippen LogP contribution in [-0.2, 0) is 0 Å². The Kier molecular flexibility index (Phi) is 4.55. The van der Waals surface area contributed by atoms with Gasteiger partial charge in [-0.2, -0.15) is 0 Å². The number of pyridine rings is 1. The van der Waals surface area contributed by atoms with Crippen molar-refractivity contribution in [2.45, 2.75) is 37.8 Å². The Morgan fingerprint density at radius 3 is 2.64 bits per heavy atom. The van der Waals surface area contributed by atoms with Crippen LogP contribution in [0.5, 0.6) is 5.88 Å². The van der Waals surface area contributed by atoms with E-state index >= 15 is 0 Å². The van der Waals surface area contributed by atoms with E-state index in [0.717, 1.165) is 19.6 Å². The Balaban J connectivity index is 1.52. The van der Waals surface area contributed by atoms with Gasteiger partial charge in [-0.3, -0.25) is 9.69 Å². The zero-order valence-electron chi connectivity index (χ0n) is 16.3. The topological polar surface area (TPSA) is 45.7 Å². The first-order valence-corrected chi connectivity index (χ1v) is 10.5. The van der Waals surface area contributed by atoms with Gasteiger partial charge in [0.2, 0.25) is 5.88 Å². The second-order valence-corrected chi connectivity index (χ2v) is 8.12. The number of piperidine rings is 3. The van der Waals surface area contributed by atoms with Crippen LogP contribution in [0.2, 0.25) is 0 Å². The minimum absolute atomic E-state index is 0.0683. The summed E-state index contributed by atoms with van der Waals surface area (Å²) in [5.74, 6) is 1.49. The Bertz CT molecular complexity index is 848. The fraction of sp³-hybridized carbons (Fsp3) is 0.478. The highest BCUT2D eigenvalue weighted by molar-refractivity contribution is 5.97. The number of carbonyl (C=O) groups excluding carboxylic acids is 1. The van der Waals surface area contributed by atoms with Crippen molar-refractivity contribution in [1.82, 2.24) is 14.8 Å². The normalized spacial score (nSPS) is 30.9. The van der Waals surface area contributed by atoms with Gasteiger partial charge < -0.3 is 9.64 Å². The van der Waals surface area contributed by atoms with E-state index in [2.05, 4.69) is 45.1 Å². The number of nitrogens with zero attached hydrogens (tertiary/aromatic N) is 3. The monoisotopic (exact) mass is 377 g/mol. The third kappa shape index (κ3) is 2.80. The Labute approximate surface area is 166 Å². The molecule has 3 atom stereocenters. The first-order valence-electron chi connectivity index (χ1n) is 10.5. The van der Waals surface area contributed by atoms with Crippen molar-refractivity contribution in [2.75, 3.05) is 26.2 Å². The number of carbonyl (C=O) groups is 1. The third-order valence-corrected chi connectivity index (χ3v) is 6.77. The van der Waals surface area contributed by atoms with Crippen molar-refractivity contribution < 1.29 is 9.53 Å². The molecule has 28 heavy (non-hydrogen) atoms. The van der Waals surface area contributed by atoms with Gasteiger partial charge in [0.1, 0.15) is 5.56 Å². The van der Waals surface area contributed by atoms with Gasteiger partial charge in [-0.15, -0.1) is 0 Å². The third-order valence-electron chi connectivity index (χ3n) is 6.77. The molecule has 4 fully saturated rings. The quantitative estimate of drug-likeness (QED) is 0.821. The van der Waals surface area contributed by atoms with E-state index in [0.29, 0.717) is 35.9 Å². The lowest BCUT2D eigenvalue weighted by Crippen LogP contribution is -2.60. The van der Waals surface area contributed by atoms with Crippen molar-refractivity contribution in [1.29, 1.82) is 0 Å². The van der Waals surface area contributed by atoms with Crippen LogP contribution in [0.1, 0.15) is 41.6 Å². The fourth-order valence-electron chi connectivity index (χ4n) is 5.61. The van der Waals surface area contributed by atoms with Crippen LogP contribution >= 0.6 is 0 Å². The van der Waals surface area contributed by atoms with Gasteiger partial charge in [0.15, 0.2) is 0 Å². The summed E-state index contributed by atoms with van der Waals surface area (Å²) in [5, 5.41) is 0. The summed E-state index contributed by atoms with van der Waals surface area (Å²) in [6, 6.07) is 15.1. The molecular weight excluding hydrogens is 350 g/mol. The molecule has 4 saturated heterocycles. The average Bonchev–Trinajstić information content (AvgIpc) is 3.18. The number of likely N-dealkylation sites (tertiary alicyclic amines) is 1. The summed E-state index contributed by atoms with van der Waals surface area (Å²) < 4.78 is 5.66. The molecule has 0 N–H and O–H groups in total. The number of aromatic nitrogens is 1. The second kappa shape index (κ2) is 7.21. The van der Waals surface area contributed by atoms with E-state index in [4.69, 9.17) is 4.74 Å². The molecule has 4 aliphatic rings. The molecule has 2 bridgehead atoms. The summed E-state index contributed by atoms with van der Waals surface area (Å²) in [6.45, 7) is 5.52. The van der Waals surface area contributed by atoms with Crippen LogP contribution in [0.3, 0.4) is 0 Å². The Morgan fingerprint density at radius 1 is 1.11 bits per heavy atom. The van der Waals surface area contributed by atoms with Gasteiger partial charge in [0.25, 0.3) is 5.91 Å². The summed E-state index contributed by atoms with van der Waals surface area (Å²) in [5.41, 5.74) is 1.94. The van der Waals surface area contributed by atoms with E-state index in [9.17, 15) is 4.79 Å². The number of rotatable bonds is 4. The van der Waals surface area contributed by atoms with Crippen LogP contribution in [0.4, 0.5) is 0 Å². The summed E-state index contributed by atoms with van der Waals surface area (Å²) in [4.78, 5) is 22.7. The molecule has 1 aromatic heterocycles. The molecule has 0 radical (unpaired) electrons. The molecule has 0 spiro atoms. The maximum Gasteiger partial charge on any atom is 0.259 e. The maximum atomic E-state index is 13.6. The van der Waals surface area contributed by atoms with Gasteiger partial charge in [0.05, 0.1) is 12.6 Å². The molecule has 5 heterocycles. The summed E-state index contributed by atoms with van der Waals surface area (Å²) >= 11 is 0. The number of amides is 1. The first kappa shape index (κ1) is 17.7. The smallest absolute Gasteiger partial charge is 0.259 e. The number of hydrogen-bond donors (Lipinski definition) is 0. The zero-order valence-corrected chi connectivity index (χ0v) is 16.3. The van der Waals surface area contributed by atoms with Gasteiger partial charge in [0, 0.05) is 24.7 Å². The van der Waals surface area contributed by atoms with E-state index in [1.54, 1.807) is 6.20 Å². The maximum absolute atomic E-state index is 13.6. The molecule has 0 saturated carbocycles. The highest BCUT2D eigenvalue weighted by atomic mass is 16.5. The zero-order chi connectivity index (χ0) is 19.1. The van der Waals surface area contributed by atoms with E-state index in [-0.39, 0.29) is 11.9 Å². The van der Waals surface area contributed by atoms with Crippen molar-refractivity contribution >= 4 is 5.91 Å². The average molecular weight is 377 g/mol. The molecule has 6 rings (SSSR count). The number of benzene rings is 1. The Morgan fingerprint density at radius 2 is 1.89 bits per heavy atom. The highest BCUT2D eigenvalue weighted by Gasteiger charge is 2.54. The van der Waals surface area contributed by atoms with Gasteiger partial charge in [-0.05, 0) is 56.5 Å². The van der Waals surface area contributed by atoms with Crippen LogP contribution in [0, 0.1) is 5.92 Å². The van der Waals surface area contributed by atoms with Crippen molar-refractivity contribution in [3.8, 4) is 5.88 Å². The number of ether oxygens (including phenoxy) is 1. The molecule has 1 amide bonds. The van der Waals surface area contributed by atoms with Gasteiger partial charge in [-0.25, -0.2) is 4.98 Å². The molecule has 5 nitrogen and oxygen atoms in total. The lowest BCUT2D eigenvalue weighted by Gasteiger charge is -2.51. The van der Waals surface area contributed by atoms with Crippen molar-refractivity contribution in [3.05, 3.63) is 59.8 Å². The van der Waals surface area contributed by atoms with Crippen LogP contribution in [-0.4, -0.2) is 59.0 Å². The molecule has 2 aromatic rings. The standard InChI is InChI=1S/C23H27N3O2/c1-2-28-22-18(9-6-12-24-22)23(27)26-15-19(16-7-4-3-5-8-16)21-20(26)17-10-13-25(21)14-11-17/h3-9,12,17,19-21H,2,10-11,13-15H2,1H3/t19-,20+,21+/m1/s1. The lowest BCUT2D eigenvalue weighted by molar-refractivity contribution is -0.00352.